The van der Waals surface area contributed by atoms with Gasteiger partial charge >= 0.3 is 0 Å². The number of likely N-dealkylation sites (tertiary alicyclic amines) is 1. The van der Waals surface area contributed by atoms with Crippen LogP contribution in [0.2, 0.25) is 0 Å². The zero-order valence-electron chi connectivity index (χ0n) is 13.1. The fourth-order valence-electron chi connectivity index (χ4n) is 2.59. The Labute approximate surface area is 133 Å². The first-order valence-electron chi connectivity index (χ1n) is 7.49. The largest absolute Gasteiger partial charge is 0.470 e. The lowest BCUT2D eigenvalue weighted by Gasteiger charge is -2.32. The molecule has 3 heterocycles. The van der Waals surface area contributed by atoms with Gasteiger partial charge in [0.05, 0.1) is 12.2 Å². The molecule has 0 aromatic carbocycles. The van der Waals surface area contributed by atoms with E-state index in [1.54, 1.807) is 23.6 Å². The van der Waals surface area contributed by atoms with Gasteiger partial charge in [-0.2, -0.15) is 0 Å². The second-order valence-electron chi connectivity index (χ2n) is 5.57. The van der Waals surface area contributed by atoms with Crippen LogP contribution in [0.5, 0.6) is 5.88 Å². The third-order valence-electron chi connectivity index (χ3n) is 3.98. The molecule has 7 nitrogen and oxygen atoms in total. The van der Waals surface area contributed by atoms with Gasteiger partial charge in [-0.3, -0.25) is 9.48 Å². The molecular weight excluding hydrogens is 301 g/mol. The molecule has 1 unspecified atom stereocenters. The van der Waals surface area contributed by atoms with E-state index in [9.17, 15) is 9.18 Å². The van der Waals surface area contributed by atoms with Crippen molar-refractivity contribution in [2.75, 3.05) is 13.1 Å². The molecule has 1 atom stereocenters. The van der Waals surface area contributed by atoms with Gasteiger partial charge in [0.2, 0.25) is 0 Å². The van der Waals surface area contributed by atoms with Crippen LogP contribution in [0, 0.1) is 12.7 Å². The third kappa shape index (κ3) is 3.15. The number of carbonyl (C=O) groups is 1. The van der Waals surface area contributed by atoms with Crippen LogP contribution in [-0.4, -0.2) is 50.0 Å². The summed E-state index contributed by atoms with van der Waals surface area (Å²) in [7, 11) is 1.74. The van der Waals surface area contributed by atoms with Gasteiger partial charge in [0.15, 0.2) is 11.5 Å². The number of rotatable bonds is 3. The summed E-state index contributed by atoms with van der Waals surface area (Å²) in [6.07, 6.45) is 2.73. The second kappa shape index (κ2) is 6.31. The van der Waals surface area contributed by atoms with Crippen LogP contribution >= 0.6 is 0 Å². The monoisotopic (exact) mass is 319 g/mol. The molecule has 0 saturated carbocycles. The van der Waals surface area contributed by atoms with Gasteiger partial charge in [-0.1, -0.05) is 5.21 Å². The molecular formula is C15H18FN5O2. The Morgan fingerprint density at radius 3 is 3.00 bits per heavy atom. The predicted molar refractivity (Wildman–Crippen MR) is 79.5 cm³/mol. The number of piperidine rings is 1. The summed E-state index contributed by atoms with van der Waals surface area (Å²) >= 11 is 0. The maximum absolute atomic E-state index is 13.6. The molecule has 122 valence electrons. The van der Waals surface area contributed by atoms with E-state index in [-0.39, 0.29) is 17.9 Å². The van der Waals surface area contributed by atoms with Crippen molar-refractivity contribution in [1.29, 1.82) is 0 Å². The Morgan fingerprint density at radius 1 is 1.48 bits per heavy atom. The first kappa shape index (κ1) is 15.4. The number of hydrogen-bond donors (Lipinski definition) is 0. The molecule has 0 spiro atoms. The molecule has 1 amide bonds. The van der Waals surface area contributed by atoms with E-state index in [0.717, 1.165) is 12.8 Å². The molecule has 1 aliphatic heterocycles. The minimum absolute atomic E-state index is 0.0255. The predicted octanol–water partition coefficient (Wildman–Crippen LogP) is 1.34. The number of amides is 1. The van der Waals surface area contributed by atoms with Crippen molar-refractivity contribution in [3.8, 4) is 5.88 Å². The summed E-state index contributed by atoms with van der Waals surface area (Å²) in [5.41, 5.74) is 1.06. The first-order valence-corrected chi connectivity index (χ1v) is 7.49. The molecule has 3 rings (SSSR count). The fraction of sp³-hybridized carbons (Fsp3) is 0.467. The quantitative estimate of drug-likeness (QED) is 0.853. The Hall–Kier alpha value is -2.51. The van der Waals surface area contributed by atoms with Crippen LogP contribution in [0.25, 0.3) is 0 Å². The number of aryl methyl sites for hydroxylation is 1. The molecule has 1 aliphatic rings. The van der Waals surface area contributed by atoms with E-state index in [4.69, 9.17) is 4.74 Å². The number of pyridine rings is 1. The van der Waals surface area contributed by atoms with Crippen LogP contribution in [0.1, 0.15) is 29.0 Å². The lowest BCUT2D eigenvalue weighted by Crippen LogP contribution is -2.44. The van der Waals surface area contributed by atoms with Crippen molar-refractivity contribution in [3.63, 3.8) is 0 Å². The number of halogens is 1. The number of ether oxygens (including phenoxy) is 1. The van der Waals surface area contributed by atoms with Crippen molar-refractivity contribution in [3.05, 3.63) is 35.5 Å². The maximum atomic E-state index is 13.6. The molecule has 0 bridgehead atoms. The Bertz CT molecular complexity index is 718. The van der Waals surface area contributed by atoms with Gasteiger partial charge in [0, 0.05) is 19.8 Å². The summed E-state index contributed by atoms with van der Waals surface area (Å²) in [5.74, 6) is -0.700. The minimum Gasteiger partial charge on any atom is -0.470 e. The SMILES string of the molecule is Cc1c(C(=O)N2CCCC(Oc3ncccc3F)C2)nnn1C. The van der Waals surface area contributed by atoms with Crippen molar-refractivity contribution in [2.24, 2.45) is 7.05 Å². The van der Waals surface area contributed by atoms with Crippen LogP contribution in [0.15, 0.2) is 18.3 Å². The number of aromatic nitrogens is 4. The summed E-state index contributed by atoms with van der Waals surface area (Å²) in [6, 6.07) is 2.81. The highest BCUT2D eigenvalue weighted by atomic mass is 19.1. The van der Waals surface area contributed by atoms with Gasteiger partial charge in [-0.05, 0) is 31.9 Å². The molecule has 0 N–H and O–H groups in total. The summed E-state index contributed by atoms with van der Waals surface area (Å²) < 4.78 is 20.8. The highest BCUT2D eigenvalue weighted by Crippen LogP contribution is 2.20. The molecule has 0 radical (unpaired) electrons. The molecule has 2 aromatic rings. The average molecular weight is 319 g/mol. The van der Waals surface area contributed by atoms with Gasteiger partial charge in [0.25, 0.3) is 11.8 Å². The van der Waals surface area contributed by atoms with E-state index in [0.29, 0.717) is 24.5 Å². The van der Waals surface area contributed by atoms with Crippen molar-refractivity contribution < 1.29 is 13.9 Å². The van der Waals surface area contributed by atoms with Crippen molar-refractivity contribution in [2.45, 2.75) is 25.9 Å². The first-order chi connectivity index (χ1) is 11.1. The van der Waals surface area contributed by atoms with E-state index >= 15 is 0 Å². The maximum Gasteiger partial charge on any atom is 0.276 e. The van der Waals surface area contributed by atoms with Crippen molar-refractivity contribution >= 4 is 5.91 Å². The molecule has 1 fully saturated rings. The van der Waals surface area contributed by atoms with Gasteiger partial charge in [-0.25, -0.2) is 9.37 Å². The van der Waals surface area contributed by atoms with E-state index < -0.39 is 5.82 Å². The standard InChI is InChI=1S/C15H18FN5O2/c1-10-13(18-19-20(10)2)15(22)21-8-4-5-11(9-21)23-14-12(16)6-3-7-17-14/h3,6-7,11H,4-5,8-9H2,1-2H3. The van der Waals surface area contributed by atoms with Gasteiger partial charge in [-0.15, -0.1) is 5.10 Å². The molecule has 23 heavy (non-hydrogen) atoms. The number of nitrogens with zero attached hydrogens (tertiary/aromatic N) is 5. The van der Waals surface area contributed by atoms with E-state index in [1.165, 1.54) is 18.3 Å². The van der Waals surface area contributed by atoms with E-state index in [1.807, 2.05) is 0 Å². The minimum atomic E-state index is -0.499. The average Bonchev–Trinajstić information content (AvgIpc) is 2.89. The Balaban J connectivity index is 1.70. The molecule has 2 aromatic heterocycles. The summed E-state index contributed by atoms with van der Waals surface area (Å²) in [6.45, 7) is 2.80. The lowest BCUT2D eigenvalue weighted by molar-refractivity contribution is 0.0512. The zero-order valence-corrected chi connectivity index (χ0v) is 13.1. The molecule has 1 saturated heterocycles. The van der Waals surface area contributed by atoms with E-state index in [2.05, 4.69) is 15.3 Å². The highest BCUT2D eigenvalue weighted by molar-refractivity contribution is 5.93. The van der Waals surface area contributed by atoms with Crippen molar-refractivity contribution in [1.82, 2.24) is 24.9 Å². The van der Waals surface area contributed by atoms with Gasteiger partial charge in [0.1, 0.15) is 6.10 Å². The topological polar surface area (TPSA) is 73.1 Å². The Kier molecular flexibility index (Phi) is 4.22. The third-order valence-corrected chi connectivity index (χ3v) is 3.98. The Morgan fingerprint density at radius 2 is 2.30 bits per heavy atom. The number of hydrogen-bond acceptors (Lipinski definition) is 5. The normalized spacial score (nSPS) is 18.0. The highest BCUT2D eigenvalue weighted by Gasteiger charge is 2.29. The second-order valence-corrected chi connectivity index (χ2v) is 5.57. The number of carbonyl (C=O) groups excluding carboxylic acids is 1. The van der Waals surface area contributed by atoms with Crippen LogP contribution in [-0.2, 0) is 7.05 Å². The summed E-state index contributed by atoms with van der Waals surface area (Å²) in [4.78, 5) is 18.1. The molecule has 0 aliphatic carbocycles. The summed E-state index contributed by atoms with van der Waals surface area (Å²) in [5, 5.41) is 7.78. The molecule has 8 heteroatoms. The van der Waals surface area contributed by atoms with Crippen LogP contribution in [0.4, 0.5) is 4.39 Å². The fourth-order valence-corrected chi connectivity index (χ4v) is 2.59. The smallest absolute Gasteiger partial charge is 0.276 e. The lowest BCUT2D eigenvalue weighted by atomic mass is 10.1. The van der Waals surface area contributed by atoms with Crippen LogP contribution in [0.3, 0.4) is 0 Å². The zero-order chi connectivity index (χ0) is 16.4. The van der Waals surface area contributed by atoms with Crippen LogP contribution < -0.4 is 4.74 Å². The van der Waals surface area contributed by atoms with Gasteiger partial charge < -0.3 is 9.64 Å².